The standard InChI is InChI=1S/C11H12Cl2N4O/c1-4-5(2)17-9-7(15-8(12)10(17)18)6(3)14-11(13)16-9/h5H,4H2,1-3H3/t5-/m1/s1. The second-order valence-electron chi connectivity index (χ2n) is 4.09. The van der Waals surface area contributed by atoms with Crippen molar-refractivity contribution in [3.8, 4) is 0 Å². The summed E-state index contributed by atoms with van der Waals surface area (Å²) in [6.45, 7) is 5.65. The number of halogens is 2. The molecule has 0 N–H and O–H groups in total. The van der Waals surface area contributed by atoms with Crippen LogP contribution in [0.25, 0.3) is 11.2 Å². The highest BCUT2D eigenvalue weighted by Crippen LogP contribution is 2.20. The molecule has 0 aliphatic heterocycles. The number of aromatic nitrogens is 4. The van der Waals surface area contributed by atoms with Gasteiger partial charge in [0.1, 0.15) is 5.52 Å². The first-order valence-corrected chi connectivity index (χ1v) is 6.33. The molecule has 0 fully saturated rings. The fourth-order valence-corrected chi connectivity index (χ4v) is 2.13. The molecule has 0 aliphatic carbocycles. The maximum absolute atomic E-state index is 12.1. The summed E-state index contributed by atoms with van der Waals surface area (Å²) in [7, 11) is 0. The smallest absolute Gasteiger partial charge is 0.286 e. The predicted molar refractivity (Wildman–Crippen MR) is 71.4 cm³/mol. The number of aryl methyl sites for hydroxylation is 1. The van der Waals surface area contributed by atoms with E-state index in [-0.39, 0.29) is 22.0 Å². The maximum Gasteiger partial charge on any atom is 0.290 e. The Labute approximate surface area is 114 Å². The highest BCUT2D eigenvalue weighted by molar-refractivity contribution is 6.29. The van der Waals surface area contributed by atoms with Gasteiger partial charge >= 0.3 is 0 Å². The van der Waals surface area contributed by atoms with Crippen LogP contribution >= 0.6 is 23.2 Å². The van der Waals surface area contributed by atoms with E-state index in [0.29, 0.717) is 16.9 Å². The summed E-state index contributed by atoms with van der Waals surface area (Å²) in [6.07, 6.45) is 0.774. The zero-order valence-electron chi connectivity index (χ0n) is 10.2. The minimum Gasteiger partial charge on any atom is -0.286 e. The van der Waals surface area contributed by atoms with Gasteiger partial charge in [-0.1, -0.05) is 18.5 Å². The molecule has 0 saturated carbocycles. The highest BCUT2D eigenvalue weighted by atomic mass is 35.5. The van der Waals surface area contributed by atoms with Crippen LogP contribution in [0.1, 0.15) is 32.0 Å². The Morgan fingerprint density at radius 3 is 2.56 bits per heavy atom. The molecular formula is C11H12Cl2N4O. The van der Waals surface area contributed by atoms with Gasteiger partial charge in [0.15, 0.2) is 10.8 Å². The molecule has 7 heteroatoms. The lowest BCUT2D eigenvalue weighted by atomic mass is 10.2. The molecule has 0 aromatic carbocycles. The fourth-order valence-electron chi connectivity index (χ4n) is 1.75. The highest BCUT2D eigenvalue weighted by Gasteiger charge is 2.17. The summed E-state index contributed by atoms with van der Waals surface area (Å²) in [4.78, 5) is 24.2. The second-order valence-corrected chi connectivity index (χ2v) is 4.78. The molecule has 2 aromatic heterocycles. The molecule has 0 spiro atoms. The van der Waals surface area contributed by atoms with E-state index >= 15 is 0 Å². The van der Waals surface area contributed by atoms with Crippen molar-refractivity contribution in [2.24, 2.45) is 0 Å². The van der Waals surface area contributed by atoms with E-state index in [4.69, 9.17) is 23.2 Å². The van der Waals surface area contributed by atoms with Gasteiger partial charge in [0.05, 0.1) is 5.69 Å². The molecule has 2 aromatic rings. The van der Waals surface area contributed by atoms with Crippen LogP contribution < -0.4 is 5.56 Å². The fraction of sp³-hybridized carbons (Fsp3) is 0.455. The Morgan fingerprint density at radius 2 is 1.94 bits per heavy atom. The molecule has 2 rings (SSSR count). The van der Waals surface area contributed by atoms with Gasteiger partial charge in [-0.15, -0.1) is 0 Å². The van der Waals surface area contributed by atoms with E-state index in [1.807, 2.05) is 13.8 Å². The Hall–Kier alpha value is -1.20. The summed E-state index contributed by atoms with van der Waals surface area (Å²) < 4.78 is 1.52. The van der Waals surface area contributed by atoms with Crippen LogP contribution in [0, 0.1) is 6.92 Å². The molecule has 0 saturated heterocycles. The van der Waals surface area contributed by atoms with Gasteiger partial charge < -0.3 is 0 Å². The summed E-state index contributed by atoms with van der Waals surface area (Å²) >= 11 is 11.7. The van der Waals surface area contributed by atoms with Crippen LogP contribution in [0.2, 0.25) is 10.4 Å². The monoisotopic (exact) mass is 286 g/mol. The van der Waals surface area contributed by atoms with Gasteiger partial charge in [0, 0.05) is 6.04 Å². The van der Waals surface area contributed by atoms with E-state index in [9.17, 15) is 4.79 Å². The number of rotatable bonds is 2. The third kappa shape index (κ3) is 2.08. The minimum absolute atomic E-state index is 0.0362. The topological polar surface area (TPSA) is 60.7 Å². The Morgan fingerprint density at radius 1 is 1.28 bits per heavy atom. The maximum atomic E-state index is 12.1. The zero-order valence-corrected chi connectivity index (χ0v) is 11.7. The number of fused-ring (bicyclic) bond motifs is 1. The lowest BCUT2D eigenvalue weighted by molar-refractivity contribution is 0.525. The van der Waals surface area contributed by atoms with Crippen LogP contribution in [-0.4, -0.2) is 19.5 Å². The Bertz CT molecular complexity index is 668. The summed E-state index contributed by atoms with van der Waals surface area (Å²) in [6, 6.07) is -0.0362. The van der Waals surface area contributed by atoms with Crippen molar-refractivity contribution in [3.05, 3.63) is 26.5 Å². The average Bonchev–Trinajstić information content (AvgIpc) is 2.31. The largest absolute Gasteiger partial charge is 0.290 e. The van der Waals surface area contributed by atoms with Crippen LogP contribution in [-0.2, 0) is 0 Å². The summed E-state index contributed by atoms with van der Waals surface area (Å²) in [5.74, 6) is 0. The van der Waals surface area contributed by atoms with Crippen LogP contribution in [0.15, 0.2) is 4.79 Å². The first-order chi connectivity index (χ1) is 8.45. The molecule has 2 heterocycles. The normalized spacial score (nSPS) is 12.9. The van der Waals surface area contributed by atoms with Crippen LogP contribution in [0.4, 0.5) is 0 Å². The molecule has 0 aliphatic rings. The van der Waals surface area contributed by atoms with Gasteiger partial charge in [-0.3, -0.25) is 9.36 Å². The number of hydrogen-bond acceptors (Lipinski definition) is 4. The van der Waals surface area contributed by atoms with Gasteiger partial charge in [-0.2, -0.15) is 4.98 Å². The van der Waals surface area contributed by atoms with Crippen molar-refractivity contribution in [1.82, 2.24) is 19.5 Å². The van der Waals surface area contributed by atoms with Crippen LogP contribution in [0.5, 0.6) is 0 Å². The van der Waals surface area contributed by atoms with E-state index in [0.717, 1.165) is 6.42 Å². The van der Waals surface area contributed by atoms with Gasteiger partial charge in [-0.05, 0) is 31.9 Å². The third-order valence-corrected chi connectivity index (χ3v) is 3.29. The second kappa shape index (κ2) is 4.82. The predicted octanol–water partition coefficient (Wildman–Crippen LogP) is 2.77. The Kier molecular flexibility index (Phi) is 3.54. The number of hydrogen-bond donors (Lipinski definition) is 0. The summed E-state index contributed by atoms with van der Waals surface area (Å²) in [5.41, 5.74) is 1.18. The van der Waals surface area contributed by atoms with Crippen molar-refractivity contribution < 1.29 is 0 Å². The van der Waals surface area contributed by atoms with E-state index in [1.165, 1.54) is 4.57 Å². The van der Waals surface area contributed by atoms with Gasteiger partial charge in [0.25, 0.3) is 5.56 Å². The molecule has 5 nitrogen and oxygen atoms in total. The lowest BCUT2D eigenvalue weighted by Gasteiger charge is -2.16. The average molecular weight is 287 g/mol. The van der Waals surface area contributed by atoms with Crippen molar-refractivity contribution in [2.75, 3.05) is 0 Å². The van der Waals surface area contributed by atoms with E-state index in [2.05, 4.69) is 15.0 Å². The molecule has 0 amide bonds. The van der Waals surface area contributed by atoms with E-state index < -0.39 is 0 Å². The zero-order chi connectivity index (χ0) is 13.4. The van der Waals surface area contributed by atoms with Crippen molar-refractivity contribution in [1.29, 1.82) is 0 Å². The first kappa shape index (κ1) is 13.2. The molecule has 1 atom stereocenters. The van der Waals surface area contributed by atoms with Crippen molar-refractivity contribution in [3.63, 3.8) is 0 Å². The molecule has 0 bridgehead atoms. The number of nitrogens with zero attached hydrogens (tertiary/aromatic N) is 4. The van der Waals surface area contributed by atoms with Gasteiger partial charge in [0.2, 0.25) is 5.28 Å². The third-order valence-electron chi connectivity index (χ3n) is 2.88. The van der Waals surface area contributed by atoms with E-state index in [1.54, 1.807) is 6.92 Å². The van der Waals surface area contributed by atoms with Gasteiger partial charge in [-0.25, -0.2) is 9.97 Å². The Balaban J connectivity index is 2.97. The molecule has 0 radical (unpaired) electrons. The van der Waals surface area contributed by atoms with Crippen molar-refractivity contribution in [2.45, 2.75) is 33.2 Å². The molecule has 0 unspecified atom stereocenters. The first-order valence-electron chi connectivity index (χ1n) is 5.57. The lowest BCUT2D eigenvalue weighted by Crippen LogP contribution is -2.26. The minimum atomic E-state index is -0.354. The summed E-state index contributed by atoms with van der Waals surface area (Å²) in [5, 5.41) is 0.0254. The quantitative estimate of drug-likeness (QED) is 0.797. The molecular weight excluding hydrogens is 275 g/mol. The SMILES string of the molecule is CC[C@@H](C)n1c(=O)c(Cl)nc2c(C)nc(Cl)nc21. The van der Waals surface area contributed by atoms with Crippen LogP contribution in [0.3, 0.4) is 0 Å². The van der Waals surface area contributed by atoms with Crippen molar-refractivity contribution >= 4 is 34.4 Å². The molecule has 96 valence electrons. The molecule has 18 heavy (non-hydrogen) atoms.